The first-order chi connectivity index (χ1) is 14.1. The first-order valence-electron chi connectivity index (χ1n) is 9.76. The molecule has 1 aliphatic rings. The number of anilines is 1. The second-order valence-corrected chi connectivity index (χ2v) is 7.45. The molecule has 1 N–H and O–H groups in total. The van der Waals surface area contributed by atoms with E-state index in [2.05, 4.69) is 39.9 Å². The highest BCUT2D eigenvalue weighted by Gasteiger charge is 2.23. The van der Waals surface area contributed by atoms with Gasteiger partial charge >= 0.3 is 0 Å². The van der Waals surface area contributed by atoms with E-state index in [4.69, 9.17) is 14.7 Å². The van der Waals surface area contributed by atoms with E-state index in [1.54, 1.807) is 6.20 Å². The summed E-state index contributed by atoms with van der Waals surface area (Å²) in [6, 6.07) is 6.29. The van der Waals surface area contributed by atoms with E-state index >= 15 is 0 Å². The van der Waals surface area contributed by atoms with Gasteiger partial charge in [-0.2, -0.15) is 5.10 Å². The summed E-state index contributed by atoms with van der Waals surface area (Å²) in [5.41, 5.74) is 4.73. The van der Waals surface area contributed by atoms with Crippen LogP contribution in [0.2, 0.25) is 0 Å². The normalized spacial score (nSPS) is 17.2. The summed E-state index contributed by atoms with van der Waals surface area (Å²) >= 11 is 0. The third-order valence-corrected chi connectivity index (χ3v) is 5.44. The number of H-pyrrole nitrogens is 1. The molecule has 1 atom stereocenters. The predicted octanol–water partition coefficient (Wildman–Crippen LogP) is 2.95. The molecule has 1 fully saturated rings. The number of aromatic nitrogens is 6. The van der Waals surface area contributed by atoms with Crippen molar-refractivity contribution in [3.63, 3.8) is 0 Å². The van der Waals surface area contributed by atoms with Gasteiger partial charge in [0.05, 0.1) is 36.8 Å². The van der Waals surface area contributed by atoms with E-state index < -0.39 is 0 Å². The van der Waals surface area contributed by atoms with Gasteiger partial charge in [0.15, 0.2) is 5.82 Å². The highest BCUT2D eigenvalue weighted by Crippen LogP contribution is 2.31. The van der Waals surface area contributed by atoms with E-state index in [0.717, 1.165) is 45.9 Å². The van der Waals surface area contributed by atoms with Gasteiger partial charge in [0.2, 0.25) is 0 Å². The van der Waals surface area contributed by atoms with Crippen LogP contribution in [0.5, 0.6) is 0 Å². The van der Waals surface area contributed by atoms with E-state index in [1.807, 2.05) is 36.3 Å². The Morgan fingerprint density at radius 3 is 2.93 bits per heavy atom. The molecule has 1 aliphatic heterocycles. The fourth-order valence-corrected chi connectivity index (χ4v) is 3.96. The van der Waals surface area contributed by atoms with Crippen LogP contribution < -0.4 is 4.90 Å². The predicted molar refractivity (Wildman–Crippen MR) is 112 cm³/mol. The van der Waals surface area contributed by atoms with Crippen molar-refractivity contribution in [1.82, 2.24) is 29.7 Å². The number of pyridine rings is 1. The number of fused-ring (bicyclic) bond motifs is 1. The molecule has 8 nitrogen and oxygen atoms in total. The summed E-state index contributed by atoms with van der Waals surface area (Å²) in [4.78, 5) is 19.8. The van der Waals surface area contributed by atoms with Gasteiger partial charge in [-0.1, -0.05) is 0 Å². The third kappa shape index (κ3) is 3.05. The first-order valence-corrected chi connectivity index (χ1v) is 9.76. The topological polar surface area (TPSA) is 84.8 Å². The van der Waals surface area contributed by atoms with Crippen molar-refractivity contribution in [3.8, 4) is 22.8 Å². The lowest BCUT2D eigenvalue weighted by Crippen LogP contribution is -2.44. The Kier molecular flexibility index (Phi) is 4.28. The number of ether oxygens (including phenoxy) is 1. The summed E-state index contributed by atoms with van der Waals surface area (Å²) in [5, 5.41) is 5.41. The lowest BCUT2D eigenvalue weighted by molar-refractivity contribution is 0.0985. The zero-order valence-corrected chi connectivity index (χ0v) is 16.8. The van der Waals surface area contributed by atoms with Crippen LogP contribution in [0.1, 0.15) is 12.5 Å². The van der Waals surface area contributed by atoms with Crippen LogP contribution in [0.4, 0.5) is 5.82 Å². The number of aromatic amines is 1. The van der Waals surface area contributed by atoms with E-state index in [-0.39, 0.29) is 6.04 Å². The summed E-state index contributed by atoms with van der Waals surface area (Å²) in [6.45, 7) is 6.40. The number of aryl methyl sites for hydroxylation is 2. The molecule has 1 saturated heterocycles. The molecule has 0 bridgehead atoms. The molecule has 5 rings (SSSR count). The van der Waals surface area contributed by atoms with Gasteiger partial charge in [-0.15, -0.1) is 0 Å². The molecular formula is C21H23N7O. The molecule has 0 saturated carbocycles. The zero-order chi connectivity index (χ0) is 20.0. The maximum atomic E-state index is 5.62. The lowest BCUT2D eigenvalue weighted by Gasteiger charge is -2.34. The molecule has 0 aromatic carbocycles. The summed E-state index contributed by atoms with van der Waals surface area (Å²) in [7, 11) is 1.94. The number of morpholine rings is 1. The van der Waals surface area contributed by atoms with Crippen molar-refractivity contribution >= 4 is 16.9 Å². The molecule has 5 heterocycles. The Morgan fingerprint density at radius 1 is 1.24 bits per heavy atom. The standard InChI is InChI=1S/C21H23N7O/c1-13-11-24-27(3)19(13)17-10-18(28-8-9-29-12-14(28)2)26-21(25-17)16-5-7-23-20-15(16)4-6-22-20/h4-7,10-11,14H,8-9,12H2,1-3H3,(H,22,23)/t14-/m1/s1. The van der Waals surface area contributed by atoms with E-state index in [0.29, 0.717) is 19.0 Å². The van der Waals surface area contributed by atoms with Gasteiger partial charge in [-0.3, -0.25) is 4.68 Å². The van der Waals surface area contributed by atoms with E-state index in [1.165, 1.54) is 0 Å². The van der Waals surface area contributed by atoms with Crippen LogP contribution in [0, 0.1) is 6.92 Å². The third-order valence-electron chi connectivity index (χ3n) is 5.44. The monoisotopic (exact) mass is 389 g/mol. The Balaban J connectivity index is 1.73. The maximum absolute atomic E-state index is 5.62. The minimum atomic E-state index is 0.247. The van der Waals surface area contributed by atoms with Crippen LogP contribution in [-0.4, -0.2) is 55.5 Å². The van der Waals surface area contributed by atoms with Crippen LogP contribution in [0.3, 0.4) is 0 Å². The van der Waals surface area contributed by atoms with Crippen LogP contribution in [-0.2, 0) is 11.8 Å². The molecule has 0 aliphatic carbocycles. The van der Waals surface area contributed by atoms with Crippen molar-refractivity contribution < 1.29 is 4.74 Å². The Morgan fingerprint density at radius 2 is 2.14 bits per heavy atom. The van der Waals surface area contributed by atoms with Crippen LogP contribution in [0.15, 0.2) is 36.8 Å². The average molecular weight is 389 g/mol. The first kappa shape index (κ1) is 17.8. The van der Waals surface area contributed by atoms with Crippen molar-refractivity contribution in [1.29, 1.82) is 0 Å². The number of nitrogens with one attached hydrogen (secondary N) is 1. The Hall–Kier alpha value is -3.26. The van der Waals surface area contributed by atoms with E-state index in [9.17, 15) is 0 Å². The van der Waals surface area contributed by atoms with Gasteiger partial charge < -0.3 is 14.6 Å². The molecule has 8 heteroatoms. The zero-order valence-electron chi connectivity index (χ0n) is 16.8. The SMILES string of the molecule is Cc1cnn(C)c1-c1cc(N2CCOC[C@H]2C)nc(-c2ccnc3[nH]ccc23)n1. The van der Waals surface area contributed by atoms with Crippen molar-refractivity contribution in [2.75, 3.05) is 24.7 Å². The van der Waals surface area contributed by atoms with Gasteiger partial charge in [0.25, 0.3) is 0 Å². The number of hydrogen-bond acceptors (Lipinski definition) is 6. The molecule has 0 spiro atoms. The average Bonchev–Trinajstić information content (AvgIpc) is 3.34. The van der Waals surface area contributed by atoms with Crippen molar-refractivity contribution in [3.05, 3.63) is 42.4 Å². The highest BCUT2D eigenvalue weighted by atomic mass is 16.5. The van der Waals surface area contributed by atoms with Crippen LogP contribution in [0.25, 0.3) is 33.8 Å². The summed E-state index contributed by atoms with van der Waals surface area (Å²) < 4.78 is 7.49. The number of hydrogen-bond donors (Lipinski definition) is 1. The smallest absolute Gasteiger partial charge is 0.163 e. The lowest BCUT2D eigenvalue weighted by atomic mass is 10.1. The number of rotatable bonds is 3. The van der Waals surface area contributed by atoms with Crippen molar-refractivity contribution in [2.45, 2.75) is 19.9 Å². The molecule has 148 valence electrons. The molecule has 4 aromatic rings. The maximum Gasteiger partial charge on any atom is 0.163 e. The van der Waals surface area contributed by atoms with Gasteiger partial charge in [-0.05, 0) is 31.5 Å². The highest BCUT2D eigenvalue weighted by molar-refractivity contribution is 5.91. The summed E-state index contributed by atoms with van der Waals surface area (Å²) in [6.07, 6.45) is 5.54. The fourth-order valence-electron chi connectivity index (χ4n) is 3.96. The molecule has 0 unspecified atom stereocenters. The Bertz CT molecular complexity index is 1160. The molecular weight excluding hydrogens is 366 g/mol. The molecule has 4 aromatic heterocycles. The fraction of sp³-hybridized carbons (Fsp3) is 0.333. The molecule has 0 amide bonds. The minimum absolute atomic E-state index is 0.247. The Labute approximate surface area is 168 Å². The van der Waals surface area contributed by atoms with Gasteiger partial charge in [0, 0.05) is 43.0 Å². The van der Waals surface area contributed by atoms with Gasteiger partial charge in [0.1, 0.15) is 11.5 Å². The molecule has 0 radical (unpaired) electrons. The van der Waals surface area contributed by atoms with Crippen LogP contribution >= 0.6 is 0 Å². The quantitative estimate of drug-likeness (QED) is 0.580. The second kappa shape index (κ2) is 6.97. The largest absolute Gasteiger partial charge is 0.377 e. The number of nitrogens with zero attached hydrogens (tertiary/aromatic N) is 6. The summed E-state index contributed by atoms with van der Waals surface area (Å²) in [5.74, 6) is 1.59. The second-order valence-electron chi connectivity index (χ2n) is 7.45. The van der Waals surface area contributed by atoms with Crippen molar-refractivity contribution in [2.24, 2.45) is 7.05 Å². The minimum Gasteiger partial charge on any atom is -0.377 e. The molecule has 29 heavy (non-hydrogen) atoms. The van der Waals surface area contributed by atoms with Gasteiger partial charge in [-0.25, -0.2) is 15.0 Å².